The number of carbonyl (C=O) groups excluding carboxylic acids is 2. The highest BCUT2D eigenvalue weighted by Crippen LogP contribution is 2.27. The van der Waals surface area contributed by atoms with Crippen LogP contribution in [0, 0.1) is 0 Å². The third-order valence-electron chi connectivity index (χ3n) is 2.45. The molecule has 1 aromatic heterocycles. The Hall–Kier alpha value is -2.08. The molecular formula is C13H14N2O3S. The van der Waals surface area contributed by atoms with Gasteiger partial charge in [0.05, 0.1) is 0 Å². The summed E-state index contributed by atoms with van der Waals surface area (Å²) in [5.41, 5.74) is 6.32. The summed E-state index contributed by atoms with van der Waals surface area (Å²) in [5, 5.41) is 3.46. The van der Waals surface area contributed by atoms with Crippen molar-refractivity contribution in [2.75, 3.05) is 18.9 Å². The molecule has 0 aliphatic carbocycles. The summed E-state index contributed by atoms with van der Waals surface area (Å²) in [4.78, 5) is 23.4. The van der Waals surface area contributed by atoms with Gasteiger partial charge in [0.2, 0.25) is 0 Å². The minimum absolute atomic E-state index is 0.261. The third-order valence-corrected chi connectivity index (χ3v) is 3.55. The van der Waals surface area contributed by atoms with E-state index in [1.165, 1.54) is 11.3 Å². The second-order valence-electron chi connectivity index (χ2n) is 3.94. The van der Waals surface area contributed by atoms with E-state index < -0.39 is 5.97 Å². The van der Waals surface area contributed by atoms with Crippen molar-refractivity contribution >= 4 is 39.0 Å². The van der Waals surface area contributed by atoms with Crippen molar-refractivity contribution in [1.29, 1.82) is 0 Å². The molecule has 19 heavy (non-hydrogen) atoms. The van der Waals surface area contributed by atoms with Gasteiger partial charge in [0.25, 0.3) is 5.91 Å². The first-order valence-corrected chi connectivity index (χ1v) is 6.64. The van der Waals surface area contributed by atoms with Crippen molar-refractivity contribution in [3.05, 3.63) is 29.1 Å². The van der Waals surface area contributed by atoms with Crippen molar-refractivity contribution in [3.8, 4) is 0 Å². The van der Waals surface area contributed by atoms with Crippen LogP contribution in [0.5, 0.6) is 0 Å². The van der Waals surface area contributed by atoms with E-state index in [4.69, 9.17) is 10.5 Å². The highest BCUT2D eigenvalue weighted by atomic mass is 32.1. The number of nitrogens with one attached hydrogen (secondary N) is 1. The number of benzene rings is 1. The lowest BCUT2D eigenvalue weighted by Gasteiger charge is -2.02. The number of anilines is 1. The lowest BCUT2D eigenvalue weighted by Crippen LogP contribution is -2.28. The lowest BCUT2D eigenvalue weighted by atomic mass is 10.2. The summed E-state index contributed by atoms with van der Waals surface area (Å²) in [5.74, 6) is -0.799. The summed E-state index contributed by atoms with van der Waals surface area (Å²) in [6, 6.07) is 7.15. The maximum Gasteiger partial charge on any atom is 0.348 e. The molecule has 0 saturated carbocycles. The molecule has 3 N–H and O–H groups in total. The second kappa shape index (κ2) is 5.71. The van der Waals surface area contributed by atoms with E-state index >= 15 is 0 Å². The van der Waals surface area contributed by atoms with E-state index in [1.807, 2.05) is 6.07 Å². The van der Waals surface area contributed by atoms with Crippen LogP contribution < -0.4 is 11.1 Å². The molecule has 5 nitrogen and oxygen atoms in total. The van der Waals surface area contributed by atoms with E-state index in [0.717, 1.165) is 10.1 Å². The van der Waals surface area contributed by atoms with Gasteiger partial charge in [0, 0.05) is 16.9 Å². The number of nitrogens with two attached hydrogens (primary N) is 1. The van der Waals surface area contributed by atoms with Crippen molar-refractivity contribution in [2.45, 2.75) is 6.92 Å². The number of esters is 1. The number of hydrogen-bond donors (Lipinski definition) is 2. The van der Waals surface area contributed by atoms with Crippen molar-refractivity contribution in [1.82, 2.24) is 5.32 Å². The molecule has 0 radical (unpaired) electrons. The van der Waals surface area contributed by atoms with E-state index in [9.17, 15) is 9.59 Å². The number of fused-ring (bicyclic) bond motifs is 1. The number of thiophene rings is 1. The lowest BCUT2D eigenvalue weighted by molar-refractivity contribution is -0.124. The Balaban J connectivity index is 2.07. The van der Waals surface area contributed by atoms with E-state index in [0.29, 0.717) is 17.1 Å². The number of nitrogen functional groups attached to an aromatic ring is 1. The molecule has 0 saturated heterocycles. The predicted octanol–water partition coefficient (Wildman–Crippen LogP) is 1.78. The molecule has 100 valence electrons. The first-order chi connectivity index (χ1) is 9.10. The van der Waals surface area contributed by atoms with Crippen LogP contribution in [0.3, 0.4) is 0 Å². The van der Waals surface area contributed by atoms with Crippen LogP contribution in [0.15, 0.2) is 24.3 Å². The van der Waals surface area contributed by atoms with Crippen LogP contribution in [0.4, 0.5) is 5.69 Å². The number of likely N-dealkylation sites (N-methyl/N-ethyl adjacent to an activating group) is 1. The highest BCUT2D eigenvalue weighted by Gasteiger charge is 2.13. The van der Waals surface area contributed by atoms with Gasteiger partial charge in [-0.25, -0.2) is 4.79 Å². The number of hydrogen-bond acceptors (Lipinski definition) is 5. The summed E-state index contributed by atoms with van der Waals surface area (Å²) < 4.78 is 5.89. The minimum Gasteiger partial charge on any atom is -0.451 e. The molecule has 0 aliphatic heterocycles. The average Bonchev–Trinajstić information content (AvgIpc) is 2.79. The molecule has 1 amide bonds. The van der Waals surface area contributed by atoms with Crippen LogP contribution in [0.25, 0.3) is 10.1 Å². The van der Waals surface area contributed by atoms with E-state index in [2.05, 4.69) is 5.32 Å². The monoisotopic (exact) mass is 278 g/mol. The number of carbonyl (C=O) groups is 2. The zero-order valence-electron chi connectivity index (χ0n) is 10.4. The Morgan fingerprint density at radius 1 is 1.37 bits per heavy atom. The Morgan fingerprint density at radius 2 is 2.16 bits per heavy atom. The molecule has 1 heterocycles. The van der Waals surface area contributed by atoms with Gasteiger partial charge in [-0.15, -0.1) is 11.3 Å². The summed E-state index contributed by atoms with van der Waals surface area (Å²) in [6.45, 7) is 2.05. The highest BCUT2D eigenvalue weighted by molar-refractivity contribution is 7.20. The molecule has 0 atom stereocenters. The molecule has 2 rings (SSSR count). The maximum absolute atomic E-state index is 11.8. The van der Waals surface area contributed by atoms with Crippen LogP contribution in [0.1, 0.15) is 16.6 Å². The third kappa shape index (κ3) is 3.23. The normalized spacial score (nSPS) is 10.4. The van der Waals surface area contributed by atoms with Gasteiger partial charge >= 0.3 is 5.97 Å². The van der Waals surface area contributed by atoms with Crippen molar-refractivity contribution in [3.63, 3.8) is 0 Å². The Kier molecular flexibility index (Phi) is 4.01. The van der Waals surface area contributed by atoms with Gasteiger partial charge in [-0.05, 0) is 36.6 Å². The first-order valence-electron chi connectivity index (χ1n) is 5.83. The smallest absolute Gasteiger partial charge is 0.348 e. The van der Waals surface area contributed by atoms with Gasteiger partial charge in [-0.1, -0.05) is 0 Å². The van der Waals surface area contributed by atoms with Crippen LogP contribution >= 0.6 is 11.3 Å². The second-order valence-corrected chi connectivity index (χ2v) is 5.02. The van der Waals surface area contributed by atoms with Crippen molar-refractivity contribution in [2.24, 2.45) is 0 Å². The average molecular weight is 278 g/mol. The Morgan fingerprint density at radius 3 is 2.89 bits per heavy atom. The first kappa shape index (κ1) is 13.4. The number of rotatable bonds is 4. The zero-order valence-corrected chi connectivity index (χ0v) is 11.3. The molecule has 0 bridgehead atoms. The molecule has 1 aromatic carbocycles. The fraction of sp³-hybridized carbons (Fsp3) is 0.231. The molecule has 0 aliphatic rings. The van der Waals surface area contributed by atoms with Gasteiger partial charge in [-0.3, -0.25) is 4.79 Å². The van der Waals surface area contributed by atoms with Gasteiger partial charge in [0.15, 0.2) is 6.61 Å². The Bertz CT molecular complexity index is 621. The topological polar surface area (TPSA) is 81.4 Å². The van der Waals surface area contributed by atoms with Gasteiger partial charge in [-0.2, -0.15) is 0 Å². The van der Waals surface area contributed by atoms with Gasteiger partial charge in [0.1, 0.15) is 4.88 Å². The van der Waals surface area contributed by atoms with Crippen LogP contribution in [-0.2, 0) is 9.53 Å². The van der Waals surface area contributed by atoms with Crippen LogP contribution in [-0.4, -0.2) is 25.0 Å². The summed E-state index contributed by atoms with van der Waals surface area (Å²) in [7, 11) is 0. The van der Waals surface area contributed by atoms with Crippen molar-refractivity contribution < 1.29 is 14.3 Å². The SMILES string of the molecule is CCNC(=O)COC(=O)c1cc2cc(N)ccc2s1. The predicted molar refractivity (Wildman–Crippen MR) is 75.2 cm³/mol. The quantitative estimate of drug-likeness (QED) is 0.659. The fourth-order valence-electron chi connectivity index (χ4n) is 1.61. The zero-order chi connectivity index (χ0) is 13.8. The fourth-order valence-corrected chi connectivity index (χ4v) is 2.55. The molecule has 2 aromatic rings. The largest absolute Gasteiger partial charge is 0.451 e. The number of ether oxygens (including phenoxy) is 1. The van der Waals surface area contributed by atoms with E-state index in [1.54, 1.807) is 25.1 Å². The number of amides is 1. The molecule has 0 spiro atoms. The minimum atomic E-state index is -0.494. The molecule has 0 fully saturated rings. The molecular weight excluding hydrogens is 264 g/mol. The maximum atomic E-state index is 11.8. The van der Waals surface area contributed by atoms with E-state index in [-0.39, 0.29) is 12.5 Å². The molecule has 6 heteroatoms. The van der Waals surface area contributed by atoms with Crippen LogP contribution in [0.2, 0.25) is 0 Å². The summed E-state index contributed by atoms with van der Waals surface area (Å²) in [6.07, 6.45) is 0. The van der Waals surface area contributed by atoms with Gasteiger partial charge < -0.3 is 15.8 Å². The Labute approximate surface area is 114 Å². The summed E-state index contributed by atoms with van der Waals surface area (Å²) >= 11 is 1.32. The standard InChI is InChI=1S/C13H14N2O3S/c1-2-15-12(16)7-18-13(17)11-6-8-5-9(14)3-4-10(8)19-11/h3-6H,2,7,14H2,1H3,(H,15,16). The molecule has 0 unspecified atom stereocenters.